The van der Waals surface area contributed by atoms with Gasteiger partial charge in [0.2, 0.25) is 0 Å². The number of nitrogens with zero attached hydrogens (tertiary/aromatic N) is 2. The fourth-order valence-electron chi connectivity index (χ4n) is 1.29. The molecule has 0 saturated carbocycles. The number of para-hydroxylation sites is 1. The number of thioether (sulfide) groups is 1. The molecule has 0 bridgehead atoms. The van der Waals surface area contributed by atoms with Gasteiger partial charge in [-0.2, -0.15) is 5.10 Å². The Morgan fingerprint density at radius 2 is 2.27 bits per heavy atom. The highest BCUT2D eigenvalue weighted by atomic mass is 32.2. The van der Waals surface area contributed by atoms with Gasteiger partial charge in [-0.25, -0.2) is 0 Å². The third kappa shape index (κ3) is 2.33. The normalized spacial score (nSPS) is 10.5. The first-order valence-electron chi connectivity index (χ1n) is 4.72. The highest BCUT2D eigenvalue weighted by Crippen LogP contribution is 2.28. The van der Waals surface area contributed by atoms with Crippen LogP contribution >= 0.6 is 11.8 Å². The molecule has 0 amide bonds. The number of aryl methyl sites for hydroxylation is 1. The molecule has 1 aromatic carbocycles. The lowest BCUT2D eigenvalue weighted by Gasteiger charge is -2.07. The molecular weight excluding hydrogens is 206 g/mol. The predicted octanol–water partition coefficient (Wildman–Crippen LogP) is 2.52. The maximum absolute atomic E-state index is 5.97. The summed E-state index contributed by atoms with van der Waals surface area (Å²) in [6.07, 6.45) is 3.72. The fourth-order valence-corrected chi connectivity index (χ4v) is 2.21. The van der Waals surface area contributed by atoms with Crippen molar-refractivity contribution in [3.63, 3.8) is 0 Å². The minimum absolute atomic E-state index is 0.792. The Morgan fingerprint density at radius 3 is 3.00 bits per heavy atom. The number of nitrogens with two attached hydrogens (primary N) is 1. The number of hydrogen-bond donors (Lipinski definition) is 1. The van der Waals surface area contributed by atoms with E-state index in [0.717, 1.165) is 22.0 Å². The van der Waals surface area contributed by atoms with Gasteiger partial charge in [0.15, 0.2) is 0 Å². The molecular formula is C11H13N3S. The molecule has 2 N–H and O–H groups in total. The van der Waals surface area contributed by atoms with Gasteiger partial charge in [-0.15, -0.1) is 11.8 Å². The van der Waals surface area contributed by atoms with Crippen LogP contribution in [0.5, 0.6) is 0 Å². The van der Waals surface area contributed by atoms with E-state index in [0.29, 0.717) is 0 Å². The highest BCUT2D eigenvalue weighted by molar-refractivity contribution is 7.98. The molecule has 0 atom stereocenters. The first-order chi connectivity index (χ1) is 7.27. The molecule has 0 spiro atoms. The van der Waals surface area contributed by atoms with Gasteiger partial charge in [-0.05, 0) is 24.6 Å². The number of anilines is 1. The Hall–Kier alpha value is -1.42. The van der Waals surface area contributed by atoms with Gasteiger partial charge in [0.05, 0.1) is 5.88 Å². The van der Waals surface area contributed by atoms with Crippen molar-refractivity contribution in [3.8, 4) is 0 Å². The van der Waals surface area contributed by atoms with Crippen molar-refractivity contribution >= 4 is 17.4 Å². The molecule has 0 radical (unpaired) electrons. The van der Waals surface area contributed by atoms with Crippen molar-refractivity contribution in [1.29, 1.82) is 0 Å². The largest absolute Gasteiger partial charge is 0.398 e. The monoisotopic (exact) mass is 219 g/mol. The van der Waals surface area contributed by atoms with Crippen LogP contribution < -0.4 is 5.73 Å². The molecule has 1 aromatic heterocycles. The first-order valence-corrected chi connectivity index (χ1v) is 5.71. The zero-order chi connectivity index (χ0) is 10.7. The molecule has 2 rings (SSSR count). The molecule has 0 unspecified atom stereocenters. The Bertz CT molecular complexity index is 437. The van der Waals surface area contributed by atoms with E-state index in [-0.39, 0.29) is 0 Å². The fraction of sp³-hybridized carbons (Fsp3) is 0.182. The molecule has 78 valence electrons. The van der Waals surface area contributed by atoms with E-state index in [4.69, 9.17) is 5.73 Å². The van der Waals surface area contributed by atoms with Crippen LogP contribution in [-0.4, -0.2) is 9.78 Å². The molecule has 4 heteroatoms. The summed E-state index contributed by atoms with van der Waals surface area (Å²) in [5.74, 6) is 0.792. The minimum Gasteiger partial charge on any atom is -0.398 e. The summed E-state index contributed by atoms with van der Waals surface area (Å²) in [5.41, 5.74) is 7.97. The first kappa shape index (κ1) is 10.1. The molecule has 1 heterocycles. The second-order valence-electron chi connectivity index (χ2n) is 3.31. The van der Waals surface area contributed by atoms with Gasteiger partial charge in [0, 0.05) is 23.0 Å². The van der Waals surface area contributed by atoms with Crippen molar-refractivity contribution in [3.05, 3.63) is 42.2 Å². The van der Waals surface area contributed by atoms with Gasteiger partial charge in [-0.1, -0.05) is 12.1 Å². The number of nitrogen functional groups attached to an aromatic ring is 1. The Balaban J connectivity index is 2.08. The summed E-state index contributed by atoms with van der Waals surface area (Å²) >= 11 is 1.69. The van der Waals surface area contributed by atoms with Crippen molar-refractivity contribution in [2.45, 2.75) is 17.7 Å². The quantitative estimate of drug-likeness (QED) is 0.637. The summed E-state index contributed by atoms with van der Waals surface area (Å²) in [4.78, 5) is 1.12. The van der Waals surface area contributed by atoms with Gasteiger partial charge >= 0.3 is 0 Å². The summed E-state index contributed by atoms with van der Waals surface area (Å²) < 4.78 is 1.88. The number of aromatic nitrogens is 2. The molecule has 15 heavy (non-hydrogen) atoms. The minimum atomic E-state index is 0.792. The highest BCUT2D eigenvalue weighted by Gasteiger charge is 2.02. The Morgan fingerprint density at radius 1 is 1.40 bits per heavy atom. The molecule has 0 aliphatic heterocycles. The standard InChI is InChI=1S/C11H13N3S/c1-9-4-2-5-10(11(9)12)15-8-14-7-3-6-13-14/h2-7H,8,12H2,1H3. The molecule has 0 aliphatic carbocycles. The number of benzene rings is 1. The lowest BCUT2D eigenvalue weighted by molar-refractivity contribution is 0.751. The maximum Gasteiger partial charge on any atom is 0.0910 e. The van der Waals surface area contributed by atoms with Crippen molar-refractivity contribution in [2.75, 3.05) is 5.73 Å². The third-order valence-electron chi connectivity index (χ3n) is 2.20. The van der Waals surface area contributed by atoms with E-state index in [1.165, 1.54) is 0 Å². The van der Waals surface area contributed by atoms with Gasteiger partial charge < -0.3 is 5.73 Å². The van der Waals surface area contributed by atoms with Crippen LogP contribution in [0.15, 0.2) is 41.6 Å². The SMILES string of the molecule is Cc1cccc(SCn2cccn2)c1N. The lowest BCUT2D eigenvalue weighted by atomic mass is 10.2. The second-order valence-corrected chi connectivity index (χ2v) is 4.29. The van der Waals surface area contributed by atoms with Crippen molar-refractivity contribution in [1.82, 2.24) is 9.78 Å². The third-order valence-corrected chi connectivity index (χ3v) is 3.26. The van der Waals surface area contributed by atoms with E-state index in [2.05, 4.69) is 5.10 Å². The predicted molar refractivity (Wildman–Crippen MR) is 63.7 cm³/mol. The van der Waals surface area contributed by atoms with Crippen LogP contribution in [0.25, 0.3) is 0 Å². The van der Waals surface area contributed by atoms with Crippen LogP contribution in [0.4, 0.5) is 5.69 Å². The zero-order valence-electron chi connectivity index (χ0n) is 8.55. The number of rotatable bonds is 3. The molecule has 2 aromatic rings. The van der Waals surface area contributed by atoms with Gasteiger partial charge in [0.1, 0.15) is 0 Å². The summed E-state index contributed by atoms with van der Waals surface area (Å²) in [5, 5.41) is 4.14. The van der Waals surface area contributed by atoms with Crippen molar-refractivity contribution < 1.29 is 0 Å². The summed E-state index contributed by atoms with van der Waals surface area (Å²) in [7, 11) is 0. The molecule has 0 aliphatic rings. The van der Waals surface area contributed by atoms with E-state index in [9.17, 15) is 0 Å². The van der Waals surface area contributed by atoms with E-state index < -0.39 is 0 Å². The number of hydrogen-bond acceptors (Lipinski definition) is 3. The van der Waals surface area contributed by atoms with Gasteiger partial charge in [-0.3, -0.25) is 4.68 Å². The second kappa shape index (κ2) is 4.40. The van der Waals surface area contributed by atoms with Crippen molar-refractivity contribution in [2.24, 2.45) is 0 Å². The average Bonchev–Trinajstić information content (AvgIpc) is 2.73. The van der Waals surface area contributed by atoms with E-state index in [1.54, 1.807) is 18.0 Å². The summed E-state index contributed by atoms with van der Waals surface area (Å²) in [6.45, 7) is 2.02. The Kier molecular flexibility index (Phi) is 2.97. The molecule has 3 nitrogen and oxygen atoms in total. The topological polar surface area (TPSA) is 43.8 Å². The molecule has 0 fully saturated rings. The maximum atomic E-state index is 5.97. The summed E-state index contributed by atoms with van der Waals surface area (Å²) in [6, 6.07) is 8.00. The van der Waals surface area contributed by atoms with Crippen LogP contribution in [0.3, 0.4) is 0 Å². The van der Waals surface area contributed by atoms with Gasteiger partial charge in [0.25, 0.3) is 0 Å². The van der Waals surface area contributed by atoms with Crippen LogP contribution in [0.2, 0.25) is 0 Å². The molecule has 0 saturated heterocycles. The van der Waals surface area contributed by atoms with Crippen LogP contribution in [0.1, 0.15) is 5.56 Å². The average molecular weight is 219 g/mol. The smallest absolute Gasteiger partial charge is 0.0910 e. The van der Waals surface area contributed by atoms with E-state index >= 15 is 0 Å². The van der Waals surface area contributed by atoms with E-state index in [1.807, 2.05) is 42.1 Å². The van der Waals surface area contributed by atoms with Crippen LogP contribution in [0, 0.1) is 6.92 Å². The Labute approximate surface area is 93.3 Å². The van der Waals surface area contributed by atoms with Crippen LogP contribution in [-0.2, 0) is 5.88 Å². The lowest BCUT2D eigenvalue weighted by Crippen LogP contribution is -1.96. The zero-order valence-corrected chi connectivity index (χ0v) is 9.37.